The van der Waals surface area contributed by atoms with Crippen LogP contribution in [-0.4, -0.2) is 27.2 Å². The topological polar surface area (TPSA) is 42.5 Å². The van der Waals surface area contributed by atoms with E-state index in [1.54, 1.807) is 0 Å². The van der Waals surface area contributed by atoms with E-state index < -0.39 is 0 Å². The molecule has 0 heterocycles. The summed E-state index contributed by atoms with van der Waals surface area (Å²) in [5.41, 5.74) is 4.79. The van der Waals surface area contributed by atoms with Crippen LogP contribution >= 0.6 is 0 Å². The Morgan fingerprint density at radius 3 is 1.18 bits per heavy atom. The molecule has 4 rings (SSSR count). The maximum absolute atomic E-state index is 6.19. The third kappa shape index (κ3) is 9.37. The summed E-state index contributed by atoms with van der Waals surface area (Å²) >= 11 is 0. The van der Waals surface area contributed by atoms with E-state index in [1.165, 1.54) is 22.3 Å². The van der Waals surface area contributed by atoms with E-state index in [0.717, 1.165) is 37.4 Å². The second kappa shape index (κ2) is 16.3. The van der Waals surface area contributed by atoms with E-state index in [0.29, 0.717) is 0 Å². The van der Waals surface area contributed by atoms with Gasteiger partial charge in [0.1, 0.15) is 23.7 Å². The summed E-state index contributed by atoms with van der Waals surface area (Å²) in [4.78, 5) is 0. The smallest absolute Gasteiger partial charge is 0.125 e. The van der Waals surface area contributed by atoms with Crippen LogP contribution in [0, 0.1) is 13.8 Å². The van der Waals surface area contributed by atoms with Crippen molar-refractivity contribution < 1.29 is 9.47 Å². The number of ether oxygens (including phenoxy) is 2. The van der Waals surface area contributed by atoms with Crippen molar-refractivity contribution in [3.05, 3.63) is 131 Å². The molecular formula is C34H42N2O2. The molecule has 0 radical (unpaired) electrons. The average Bonchev–Trinajstić information content (AvgIpc) is 2.96. The molecule has 200 valence electrons. The van der Waals surface area contributed by atoms with E-state index in [2.05, 4.69) is 85.1 Å². The van der Waals surface area contributed by atoms with E-state index in [-0.39, 0.29) is 12.2 Å². The maximum atomic E-state index is 6.19. The molecule has 0 aromatic heterocycles. The highest BCUT2D eigenvalue weighted by atomic mass is 16.5. The predicted octanol–water partition coefficient (Wildman–Crippen LogP) is 7.45. The second-order valence-electron chi connectivity index (χ2n) is 9.35. The summed E-state index contributed by atoms with van der Waals surface area (Å²) in [5, 5.41) is 6.38. The fraction of sp³-hybridized carbons (Fsp3) is 0.294. The molecule has 0 aliphatic carbocycles. The molecule has 4 nitrogen and oxygen atoms in total. The van der Waals surface area contributed by atoms with Gasteiger partial charge >= 0.3 is 0 Å². The van der Waals surface area contributed by atoms with Crippen LogP contribution in [0.5, 0.6) is 11.5 Å². The van der Waals surface area contributed by atoms with Crippen LogP contribution < -0.4 is 20.1 Å². The molecule has 0 fully saturated rings. The Hall–Kier alpha value is -3.60. The first-order chi connectivity index (χ1) is 18.6. The zero-order chi connectivity index (χ0) is 27.0. The Kier molecular flexibility index (Phi) is 12.4. The Morgan fingerprint density at radius 2 is 0.842 bits per heavy atom. The van der Waals surface area contributed by atoms with Crippen LogP contribution in [0.3, 0.4) is 0 Å². The molecule has 2 N–H and O–H groups in total. The summed E-state index contributed by atoms with van der Waals surface area (Å²) < 4.78 is 12.4. The predicted molar refractivity (Wildman–Crippen MR) is 159 cm³/mol. The van der Waals surface area contributed by atoms with Crippen molar-refractivity contribution in [3.8, 4) is 11.5 Å². The molecule has 4 aromatic rings. The first-order valence-electron chi connectivity index (χ1n) is 13.5. The summed E-state index contributed by atoms with van der Waals surface area (Å²) in [6.45, 7) is 6.03. The number of para-hydroxylation sites is 2. The molecule has 0 spiro atoms. The summed E-state index contributed by atoms with van der Waals surface area (Å²) in [6, 6.07) is 37.1. The largest absolute Gasteiger partial charge is 0.485 e. The van der Waals surface area contributed by atoms with Crippen molar-refractivity contribution in [2.75, 3.05) is 27.2 Å². The van der Waals surface area contributed by atoms with Gasteiger partial charge in [-0.15, -0.1) is 0 Å². The summed E-state index contributed by atoms with van der Waals surface area (Å²) in [7, 11) is 3.94. The molecule has 4 aromatic carbocycles. The highest BCUT2D eigenvalue weighted by Gasteiger charge is 2.14. The minimum Gasteiger partial charge on any atom is -0.485 e. The number of hydrogen-bond acceptors (Lipinski definition) is 4. The molecule has 0 aliphatic heterocycles. The van der Waals surface area contributed by atoms with Gasteiger partial charge in [-0.05, 0) is 75.4 Å². The molecule has 0 bridgehead atoms. The summed E-state index contributed by atoms with van der Waals surface area (Å²) in [6.07, 6.45) is 2.09. The first-order valence-corrected chi connectivity index (χ1v) is 13.5. The number of aryl methyl sites for hydroxylation is 2. The fourth-order valence-electron chi connectivity index (χ4n) is 4.16. The van der Waals surface area contributed by atoms with Gasteiger partial charge in [-0.1, -0.05) is 97.1 Å². The van der Waals surface area contributed by atoms with E-state index >= 15 is 0 Å². The van der Waals surface area contributed by atoms with Gasteiger partial charge in [0.25, 0.3) is 0 Å². The number of benzene rings is 4. The Labute approximate surface area is 229 Å². The number of hydrogen-bond donors (Lipinski definition) is 2. The zero-order valence-electron chi connectivity index (χ0n) is 23.2. The number of nitrogens with one attached hydrogen (secondary N) is 2. The van der Waals surface area contributed by atoms with Crippen molar-refractivity contribution in [2.24, 2.45) is 0 Å². The lowest BCUT2D eigenvalue weighted by molar-refractivity contribution is 0.193. The molecule has 0 saturated heterocycles. The van der Waals surface area contributed by atoms with Crippen molar-refractivity contribution in [2.45, 2.75) is 38.9 Å². The van der Waals surface area contributed by atoms with Gasteiger partial charge in [-0.2, -0.15) is 0 Å². The van der Waals surface area contributed by atoms with Crippen LogP contribution in [0.4, 0.5) is 0 Å². The standard InChI is InChI=1S/2C17H21NO/c2*1-14-8-6-7-11-16(14)19-17(12-13-18-2)15-9-4-3-5-10-15/h2*3-11,17-18H,12-13H2,1-2H3/t17-;/m1./s1. The van der Waals surface area contributed by atoms with Gasteiger partial charge in [-0.25, -0.2) is 0 Å². The first kappa shape index (κ1) is 29.0. The average molecular weight is 511 g/mol. The van der Waals surface area contributed by atoms with Crippen molar-refractivity contribution in [1.82, 2.24) is 10.6 Å². The molecule has 4 heteroatoms. The van der Waals surface area contributed by atoms with Crippen LogP contribution in [0.2, 0.25) is 0 Å². The van der Waals surface area contributed by atoms with Gasteiger partial charge in [0.2, 0.25) is 0 Å². The molecule has 0 aliphatic rings. The Bertz CT molecular complexity index is 1090. The zero-order valence-corrected chi connectivity index (χ0v) is 23.2. The van der Waals surface area contributed by atoms with Gasteiger partial charge in [0, 0.05) is 12.8 Å². The molecular weight excluding hydrogens is 468 g/mol. The van der Waals surface area contributed by atoms with Crippen LogP contribution in [0.1, 0.15) is 47.3 Å². The molecule has 0 amide bonds. The lowest BCUT2D eigenvalue weighted by Gasteiger charge is -2.20. The minimum atomic E-state index is 0.0924. The minimum absolute atomic E-state index is 0.0924. The fourth-order valence-corrected chi connectivity index (χ4v) is 4.16. The molecule has 0 saturated carbocycles. The monoisotopic (exact) mass is 510 g/mol. The van der Waals surface area contributed by atoms with Crippen molar-refractivity contribution in [3.63, 3.8) is 0 Å². The molecule has 1 unspecified atom stereocenters. The van der Waals surface area contributed by atoms with E-state index in [9.17, 15) is 0 Å². The highest BCUT2D eigenvalue weighted by Crippen LogP contribution is 2.28. The number of rotatable bonds is 12. The third-order valence-electron chi connectivity index (χ3n) is 6.38. The molecule has 38 heavy (non-hydrogen) atoms. The van der Waals surface area contributed by atoms with Crippen LogP contribution in [-0.2, 0) is 0 Å². The second-order valence-corrected chi connectivity index (χ2v) is 9.35. The Morgan fingerprint density at radius 1 is 0.500 bits per heavy atom. The normalized spacial score (nSPS) is 12.1. The van der Waals surface area contributed by atoms with Crippen LogP contribution in [0.15, 0.2) is 109 Å². The third-order valence-corrected chi connectivity index (χ3v) is 6.38. The van der Waals surface area contributed by atoms with Gasteiger partial charge in [0.15, 0.2) is 0 Å². The maximum Gasteiger partial charge on any atom is 0.125 e. The summed E-state index contributed by atoms with van der Waals surface area (Å²) in [5.74, 6) is 1.93. The van der Waals surface area contributed by atoms with Crippen molar-refractivity contribution >= 4 is 0 Å². The lowest BCUT2D eigenvalue weighted by atomic mass is 10.1. The van der Waals surface area contributed by atoms with Gasteiger partial charge in [0.05, 0.1) is 0 Å². The quantitative estimate of drug-likeness (QED) is 0.208. The van der Waals surface area contributed by atoms with E-state index in [4.69, 9.17) is 9.47 Å². The highest BCUT2D eigenvalue weighted by molar-refractivity contribution is 5.34. The molecule has 2 atom stereocenters. The van der Waals surface area contributed by atoms with E-state index in [1.807, 2.05) is 62.6 Å². The Balaban J connectivity index is 0.000000211. The van der Waals surface area contributed by atoms with Crippen molar-refractivity contribution in [1.29, 1.82) is 0 Å². The van der Waals surface area contributed by atoms with Gasteiger partial charge in [-0.3, -0.25) is 0 Å². The lowest BCUT2D eigenvalue weighted by Crippen LogP contribution is -2.16. The van der Waals surface area contributed by atoms with Crippen LogP contribution in [0.25, 0.3) is 0 Å². The van der Waals surface area contributed by atoms with Gasteiger partial charge < -0.3 is 20.1 Å². The SMILES string of the molecule is CNCCC(Oc1ccccc1C)c1ccccc1.CNCC[C@@H](Oc1ccccc1C)c1ccccc1.